The van der Waals surface area contributed by atoms with E-state index in [1.165, 1.54) is 30.5 Å². The van der Waals surface area contributed by atoms with Crippen LogP contribution in [0.2, 0.25) is 0 Å². The molecule has 0 spiro atoms. The maximum absolute atomic E-state index is 13.4. The summed E-state index contributed by atoms with van der Waals surface area (Å²) in [7, 11) is 0. The number of para-hydroxylation sites is 1. The van der Waals surface area contributed by atoms with E-state index in [4.69, 9.17) is 9.15 Å². The second kappa shape index (κ2) is 9.37. The number of furan rings is 1. The summed E-state index contributed by atoms with van der Waals surface area (Å²) in [6, 6.07) is 7.74. The fourth-order valence-electron chi connectivity index (χ4n) is 2.11. The van der Waals surface area contributed by atoms with Crippen molar-refractivity contribution in [1.29, 1.82) is 0 Å². The molecule has 0 aliphatic rings. The summed E-state index contributed by atoms with van der Waals surface area (Å²) in [5.74, 6) is -2.73. The van der Waals surface area contributed by atoms with Crippen LogP contribution >= 0.6 is 0 Å². The van der Waals surface area contributed by atoms with Crippen LogP contribution in [0, 0.1) is 11.7 Å². The molecule has 3 N–H and O–H groups in total. The van der Waals surface area contributed by atoms with Crippen molar-refractivity contribution in [1.82, 2.24) is 16.2 Å². The van der Waals surface area contributed by atoms with Crippen LogP contribution in [-0.4, -0.2) is 30.4 Å². The molecule has 2 rings (SSSR count). The van der Waals surface area contributed by atoms with Crippen LogP contribution < -0.4 is 20.9 Å². The van der Waals surface area contributed by atoms with Crippen molar-refractivity contribution in [3.8, 4) is 5.75 Å². The van der Waals surface area contributed by atoms with Crippen LogP contribution in [-0.2, 0) is 9.59 Å². The molecule has 2 aromatic rings. The number of halogens is 1. The summed E-state index contributed by atoms with van der Waals surface area (Å²) in [4.78, 5) is 36.0. The van der Waals surface area contributed by atoms with Crippen LogP contribution in [0.5, 0.6) is 5.75 Å². The molecular weight excluding hydrogens is 357 g/mol. The Hall–Kier alpha value is -3.36. The van der Waals surface area contributed by atoms with Crippen molar-refractivity contribution in [3.05, 3.63) is 54.2 Å². The second-order valence-corrected chi connectivity index (χ2v) is 5.93. The molecule has 0 saturated carbocycles. The monoisotopic (exact) mass is 377 g/mol. The number of ether oxygens (including phenoxy) is 1. The van der Waals surface area contributed by atoms with Crippen LogP contribution in [0.1, 0.15) is 24.4 Å². The van der Waals surface area contributed by atoms with Crippen LogP contribution in [0.4, 0.5) is 4.39 Å². The first-order valence-electron chi connectivity index (χ1n) is 8.19. The Labute approximate surface area is 155 Å². The standard InChI is InChI=1S/C18H20FN3O5/c1-11(2)16(20-17(24)14-8-5-9-26-14)18(25)22-21-15(23)10-27-13-7-4-3-6-12(13)19/h3-9,11,16H,10H2,1-2H3,(H,20,24)(H,21,23)(H,22,25)/t16-/m0/s1. The van der Waals surface area contributed by atoms with Gasteiger partial charge in [-0.15, -0.1) is 0 Å². The third-order valence-electron chi connectivity index (χ3n) is 3.50. The molecule has 0 bridgehead atoms. The number of rotatable bonds is 7. The zero-order valence-electron chi connectivity index (χ0n) is 14.8. The number of hydrogen-bond donors (Lipinski definition) is 3. The lowest BCUT2D eigenvalue weighted by Gasteiger charge is -2.21. The van der Waals surface area contributed by atoms with E-state index < -0.39 is 36.2 Å². The van der Waals surface area contributed by atoms with E-state index in [-0.39, 0.29) is 17.4 Å². The van der Waals surface area contributed by atoms with E-state index in [0.717, 1.165) is 0 Å². The van der Waals surface area contributed by atoms with Crippen LogP contribution in [0.3, 0.4) is 0 Å². The Bertz CT molecular complexity index is 792. The summed E-state index contributed by atoms with van der Waals surface area (Å²) < 4.78 is 23.4. The van der Waals surface area contributed by atoms with Gasteiger partial charge in [-0.05, 0) is 30.2 Å². The molecule has 0 unspecified atom stereocenters. The Morgan fingerprint density at radius 2 is 1.85 bits per heavy atom. The van der Waals surface area contributed by atoms with Gasteiger partial charge < -0.3 is 14.5 Å². The van der Waals surface area contributed by atoms with E-state index >= 15 is 0 Å². The number of carbonyl (C=O) groups is 3. The molecule has 0 saturated heterocycles. The third-order valence-corrected chi connectivity index (χ3v) is 3.50. The Balaban J connectivity index is 1.83. The summed E-state index contributed by atoms with van der Waals surface area (Å²) in [6.45, 7) is 2.97. The van der Waals surface area contributed by atoms with Crippen molar-refractivity contribution in [2.24, 2.45) is 5.92 Å². The van der Waals surface area contributed by atoms with Gasteiger partial charge in [0.25, 0.3) is 17.7 Å². The van der Waals surface area contributed by atoms with Gasteiger partial charge in [-0.1, -0.05) is 26.0 Å². The molecule has 0 fully saturated rings. The zero-order chi connectivity index (χ0) is 19.8. The smallest absolute Gasteiger partial charge is 0.287 e. The molecule has 9 heteroatoms. The first kappa shape index (κ1) is 20.0. The average Bonchev–Trinajstić information content (AvgIpc) is 3.18. The molecule has 1 atom stereocenters. The molecule has 1 heterocycles. The van der Waals surface area contributed by atoms with Gasteiger partial charge in [0.2, 0.25) is 0 Å². The van der Waals surface area contributed by atoms with Crippen LogP contribution in [0.15, 0.2) is 47.1 Å². The van der Waals surface area contributed by atoms with E-state index in [9.17, 15) is 18.8 Å². The maximum Gasteiger partial charge on any atom is 0.287 e. The molecule has 1 aromatic heterocycles. The van der Waals surface area contributed by atoms with Gasteiger partial charge in [0.15, 0.2) is 23.9 Å². The van der Waals surface area contributed by atoms with Gasteiger partial charge >= 0.3 is 0 Å². The molecule has 8 nitrogen and oxygen atoms in total. The topological polar surface area (TPSA) is 110 Å². The fraction of sp³-hybridized carbons (Fsp3) is 0.278. The highest BCUT2D eigenvalue weighted by Gasteiger charge is 2.26. The Morgan fingerprint density at radius 3 is 2.48 bits per heavy atom. The second-order valence-electron chi connectivity index (χ2n) is 5.93. The van der Waals surface area contributed by atoms with Crippen molar-refractivity contribution in [3.63, 3.8) is 0 Å². The number of hydrazine groups is 1. The molecular formula is C18H20FN3O5. The van der Waals surface area contributed by atoms with Gasteiger partial charge in [-0.2, -0.15) is 0 Å². The van der Waals surface area contributed by atoms with Crippen molar-refractivity contribution in [2.45, 2.75) is 19.9 Å². The predicted octanol–water partition coefficient (Wildman–Crippen LogP) is 1.40. The first-order chi connectivity index (χ1) is 12.9. The first-order valence-corrected chi connectivity index (χ1v) is 8.19. The minimum absolute atomic E-state index is 0.0655. The average molecular weight is 377 g/mol. The highest BCUT2D eigenvalue weighted by Crippen LogP contribution is 2.14. The molecule has 1 aromatic carbocycles. The lowest BCUT2D eigenvalue weighted by atomic mass is 10.0. The quantitative estimate of drug-likeness (QED) is 0.632. The fourth-order valence-corrected chi connectivity index (χ4v) is 2.11. The van der Waals surface area contributed by atoms with Gasteiger partial charge in [0.05, 0.1) is 6.26 Å². The molecule has 144 valence electrons. The third kappa shape index (κ3) is 5.84. The van der Waals surface area contributed by atoms with Crippen molar-refractivity contribution in [2.75, 3.05) is 6.61 Å². The number of nitrogens with one attached hydrogen (secondary N) is 3. The summed E-state index contributed by atoms with van der Waals surface area (Å²) in [5.41, 5.74) is 4.36. The number of carbonyl (C=O) groups excluding carboxylic acids is 3. The summed E-state index contributed by atoms with van der Waals surface area (Å²) >= 11 is 0. The molecule has 3 amide bonds. The zero-order valence-corrected chi connectivity index (χ0v) is 14.8. The SMILES string of the molecule is CC(C)[C@H](NC(=O)c1ccco1)C(=O)NNC(=O)COc1ccccc1F. The minimum atomic E-state index is -0.907. The predicted molar refractivity (Wildman–Crippen MR) is 93.0 cm³/mol. The van der Waals surface area contributed by atoms with Gasteiger partial charge in [-0.25, -0.2) is 4.39 Å². The van der Waals surface area contributed by atoms with Gasteiger partial charge in [0, 0.05) is 0 Å². The molecule has 27 heavy (non-hydrogen) atoms. The lowest BCUT2D eigenvalue weighted by Crippen LogP contribution is -2.54. The molecule has 0 radical (unpaired) electrons. The summed E-state index contributed by atoms with van der Waals surface area (Å²) in [6.07, 6.45) is 1.34. The largest absolute Gasteiger partial charge is 0.481 e. The lowest BCUT2D eigenvalue weighted by molar-refractivity contribution is -0.131. The number of hydrogen-bond acceptors (Lipinski definition) is 5. The number of amides is 3. The Kier molecular flexibility index (Phi) is 6.93. The normalized spacial score (nSPS) is 11.6. The maximum atomic E-state index is 13.4. The highest BCUT2D eigenvalue weighted by atomic mass is 19.1. The number of benzene rings is 1. The minimum Gasteiger partial charge on any atom is -0.481 e. The molecule has 0 aliphatic heterocycles. The summed E-state index contributed by atoms with van der Waals surface area (Å²) in [5, 5.41) is 2.53. The van der Waals surface area contributed by atoms with Crippen molar-refractivity contribution >= 4 is 17.7 Å². The highest BCUT2D eigenvalue weighted by molar-refractivity contribution is 5.96. The van der Waals surface area contributed by atoms with E-state index in [0.29, 0.717) is 0 Å². The Morgan fingerprint density at radius 1 is 1.11 bits per heavy atom. The van der Waals surface area contributed by atoms with Gasteiger partial charge in [0.1, 0.15) is 6.04 Å². The van der Waals surface area contributed by atoms with E-state index in [1.807, 2.05) is 0 Å². The van der Waals surface area contributed by atoms with Crippen LogP contribution in [0.25, 0.3) is 0 Å². The van der Waals surface area contributed by atoms with Gasteiger partial charge in [-0.3, -0.25) is 25.2 Å². The van der Waals surface area contributed by atoms with E-state index in [2.05, 4.69) is 16.2 Å². The van der Waals surface area contributed by atoms with Crippen molar-refractivity contribution < 1.29 is 27.9 Å². The van der Waals surface area contributed by atoms with E-state index in [1.54, 1.807) is 26.0 Å². The molecule has 0 aliphatic carbocycles.